The van der Waals surface area contributed by atoms with Gasteiger partial charge in [-0.15, -0.1) is 0 Å². The number of nitrogens with two attached hydrogens (primary N) is 1. The lowest BCUT2D eigenvalue weighted by Gasteiger charge is -2.37. The summed E-state index contributed by atoms with van der Waals surface area (Å²) < 4.78 is 57.2. The van der Waals surface area contributed by atoms with Crippen molar-refractivity contribution in [2.75, 3.05) is 50.0 Å². The topological polar surface area (TPSA) is 163 Å². The number of benzene rings is 2. The Morgan fingerprint density at radius 3 is 2.38 bits per heavy atom. The quantitative estimate of drug-likeness (QED) is 0.216. The average molecular weight is 594 g/mol. The minimum absolute atomic E-state index is 0.156. The number of aromatic nitrogens is 2. The van der Waals surface area contributed by atoms with Gasteiger partial charge < -0.3 is 30.7 Å². The Hall–Kier alpha value is -2.97. The minimum atomic E-state index is -3.80. The van der Waals surface area contributed by atoms with Gasteiger partial charge in [0, 0.05) is 43.2 Å². The van der Waals surface area contributed by atoms with Crippen LogP contribution in [-0.4, -0.2) is 77.9 Å². The first-order valence-electron chi connectivity index (χ1n) is 12.8. The fraction of sp³-hybridized carbons (Fsp3) is 0.360. The molecule has 1 unspecified atom stereocenters. The average Bonchev–Trinajstić information content (AvgIpc) is 2.94. The zero-order valence-electron chi connectivity index (χ0n) is 21.7. The highest BCUT2D eigenvalue weighted by molar-refractivity contribution is 7.89. The van der Waals surface area contributed by atoms with Crippen molar-refractivity contribution in [1.82, 2.24) is 19.2 Å². The van der Waals surface area contributed by atoms with E-state index in [2.05, 4.69) is 25.5 Å². The Morgan fingerprint density at radius 2 is 1.73 bits per heavy atom. The lowest BCUT2D eigenvalue weighted by Crippen LogP contribution is -2.49. The van der Waals surface area contributed by atoms with Crippen LogP contribution in [0.25, 0.3) is 0 Å². The van der Waals surface area contributed by atoms with E-state index in [4.69, 9.17) is 15.2 Å². The van der Waals surface area contributed by atoms with Gasteiger partial charge in [0.25, 0.3) is 0 Å². The summed E-state index contributed by atoms with van der Waals surface area (Å²) in [5.41, 5.74) is 7.05. The second kappa shape index (κ2) is 14.1. The molecule has 0 amide bonds. The van der Waals surface area contributed by atoms with Crippen molar-refractivity contribution in [2.45, 2.75) is 23.8 Å². The molecule has 5 N–H and O–H groups in total. The third-order valence-electron chi connectivity index (χ3n) is 6.44. The maximum Gasteiger partial charge on any atom is 0.316 e. The standard InChI is InChI=1S/C25H33FN7O5PS/c26-19-1-3-20(4-2-19)29-24-9-13-28-25(31-24)30-21-5-7-23(8-6-21)40(36,37)33(16-12-27)22-10-14-32(15-11-22)17-18-38-39(34)35/h1-9,13,22,39H,10-12,14-18,27H2,(H,34,35)(H2,28,29,30,31). The van der Waals surface area contributed by atoms with Gasteiger partial charge in [0.1, 0.15) is 11.6 Å². The zero-order chi connectivity index (χ0) is 28.5. The van der Waals surface area contributed by atoms with Gasteiger partial charge in [0.2, 0.25) is 16.0 Å². The van der Waals surface area contributed by atoms with Crippen LogP contribution in [0.4, 0.5) is 27.5 Å². The summed E-state index contributed by atoms with van der Waals surface area (Å²) in [6.07, 6.45) is 2.80. The number of sulfonamides is 1. The first kappa shape index (κ1) is 30.0. The third-order valence-corrected chi connectivity index (χ3v) is 8.85. The number of piperidine rings is 1. The summed E-state index contributed by atoms with van der Waals surface area (Å²) in [5, 5.41) is 6.14. The zero-order valence-corrected chi connectivity index (χ0v) is 23.6. The molecule has 1 saturated heterocycles. The molecular formula is C25H33FN7O5PS. The maximum absolute atomic E-state index is 13.6. The Balaban J connectivity index is 1.38. The van der Waals surface area contributed by atoms with Gasteiger partial charge in [0.15, 0.2) is 0 Å². The summed E-state index contributed by atoms with van der Waals surface area (Å²) in [6, 6.07) is 13.7. The highest BCUT2D eigenvalue weighted by atomic mass is 32.2. The fourth-order valence-corrected chi connectivity index (χ4v) is 6.43. The molecule has 1 atom stereocenters. The molecule has 0 bridgehead atoms. The van der Waals surface area contributed by atoms with Crippen LogP contribution >= 0.6 is 8.25 Å². The molecule has 1 aliphatic heterocycles. The highest BCUT2D eigenvalue weighted by Gasteiger charge is 2.33. The lowest BCUT2D eigenvalue weighted by molar-refractivity contribution is 0.138. The molecule has 0 aliphatic carbocycles. The molecule has 216 valence electrons. The van der Waals surface area contributed by atoms with E-state index in [1.165, 1.54) is 28.6 Å². The molecule has 0 spiro atoms. The van der Waals surface area contributed by atoms with Crippen LogP contribution in [0.15, 0.2) is 65.7 Å². The van der Waals surface area contributed by atoms with Gasteiger partial charge >= 0.3 is 8.25 Å². The molecule has 4 rings (SSSR count). The van der Waals surface area contributed by atoms with Crippen molar-refractivity contribution in [3.05, 3.63) is 66.6 Å². The maximum atomic E-state index is 13.6. The van der Waals surface area contributed by atoms with Crippen molar-refractivity contribution in [1.29, 1.82) is 0 Å². The predicted octanol–water partition coefficient (Wildman–Crippen LogP) is 2.92. The van der Waals surface area contributed by atoms with E-state index in [0.717, 1.165) is 0 Å². The first-order chi connectivity index (χ1) is 19.2. The second-order valence-corrected chi connectivity index (χ2v) is 11.8. The fourth-order valence-electron chi connectivity index (χ4n) is 4.46. The summed E-state index contributed by atoms with van der Waals surface area (Å²) in [7, 11) is -6.75. The molecule has 2 heterocycles. The Labute approximate surface area is 233 Å². The Kier molecular flexibility index (Phi) is 10.6. The highest BCUT2D eigenvalue weighted by Crippen LogP contribution is 2.26. The molecule has 1 fully saturated rings. The molecule has 1 aromatic heterocycles. The largest absolute Gasteiger partial charge is 0.340 e. The van der Waals surface area contributed by atoms with Crippen LogP contribution in [0, 0.1) is 5.82 Å². The SMILES string of the molecule is NCCN(C1CCN(CCO[PH](=O)O)CC1)S(=O)(=O)c1ccc(Nc2nccc(Nc3ccc(F)cc3)n2)cc1. The monoisotopic (exact) mass is 593 g/mol. The third kappa shape index (κ3) is 8.27. The van der Waals surface area contributed by atoms with Crippen LogP contribution in [0.3, 0.4) is 0 Å². The number of anilines is 4. The summed E-state index contributed by atoms with van der Waals surface area (Å²) in [6.45, 7) is 2.35. The van der Waals surface area contributed by atoms with Crippen LogP contribution in [0.5, 0.6) is 0 Å². The van der Waals surface area contributed by atoms with Gasteiger partial charge in [-0.2, -0.15) is 9.29 Å². The first-order valence-corrected chi connectivity index (χ1v) is 15.5. The summed E-state index contributed by atoms with van der Waals surface area (Å²) >= 11 is 0. The summed E-state index contributed by atoms with van der Waals surface area (Å²) in [4.78, 5) is 19.7. The molecule has 0 radical (unpaired) electrons. The number of rotatable bonds is 13. The lowest BCUT2D eigenvalue weighted by atomic mass is 10.1. The molecule has 12 nitrogen and oxygen atoms in total. The van der Waals surface area contributed by atoms with Crippen molar-refractivity contribution < 1.29 is 26.8 Å². The van der Waals surface area contributed by atoms with E-state index in [1.807, 2.05) is 0 Å². The van der Waals surface area contributed by atoms with E-state index < -0.39 is 18.3 Å². The van der Waals surface area contributed by atoms with Gasteiger partial charge in [-0.25, -0.2) is 17.8 Å². The van der Waals surface area contributed by atoms with Gasteiger partial charge in [-0.05, 0) is 80.5 Å². The Morgan fingerprint density at radius 1 is 1.07 bits per heavy atom. The second-order valence-electron chi connectivity index (χ2n) is 9.14. The Bertz CT molecular complexity index is 1380. The molecule has 0 saturated carbocycles. The van der Waals surface area contributed by atoms with Gasteiger partial charge in [0.05, 0.1) is 11.5 Å². The smallest absolute Gasteiger partial charge is 0.316 e. The number of hydrogen-bond acceptors (Lipinski definition) is 10. The van der Waals surface area contributed by atoms with Crippen LogP contribution < -0.4 is 16.4 Å². The van der Waals surface area contributed by atoms with Crippen LogP contribution in [-0.2, 0) is 19.1 Å². The van der Waals surface area contributed by atoms with E-state index in [-0.39, 0.29) is 36.5 Å². The van der Waals surface area contributed by atoms with Gasteiger partial charge in [-0.1, -0.05) is 0 Å². The molecule has 1 aliphatic rings. The molecule has 40 heavy (non-hydrogen) atoms. The van der Waals surface area contributed by atoms with Crippen molar-refractivity contribution in [2.24, 2.45) is 5.73 Å². The van der Waals surface area contributed by atoms with Gasteiger partial charge in [-0.3, -0.25) is 4.57 Å². The van der Waals surface area contributed by atoms with E-state index >= 15 is 0 Å². The van der Waals surface area contributed by atoms with Crippen molar-refractivity contribution >= 4 is 41.4 Å². The predicted molar refractivity (Wildman–Crippen MR) is 151 cm³/mol. The van der Waals surface area contributed by atoms with Crippen molar-refractivity contribution in [3.8, 4) is 0 Å². The molecule has 3 aromatic rings. The van der Waals surface area contributed by atoms with E-state index in [9.17, 15) is 17.4 Å². The number of likely N-dealkylation sites (tertiary alicyclic amines) is 1. The molecular weight excluding hydrogens is 560 g/mol. The van der Waals surface area contributed by atoms with Crippen LogP contribution in [0.2, 0.25) is 0 Å². The normalized spacial score (nSPS) is 15.7. The number of nitrogens with one attached hydrogen (secondary N) is 2. The summed E-state index contributed by atoms with van der Waals surface area (Å²) in [5.74, 6) is 0.472. The number of halogens is 1. The van der Waals surface area contributed by atoms with Crippen LogP contribution in [0.1, 0.15) is 12.8 Å². The van der Waals surface area contributed by atoms with E-state index in [0.29, 0.717) is 55.6 Å². The number of nitrogens with zero attached hydrogens (tertiary/aromatic N) is 4. The minimum Gasteiger partial charge on any atom is -0.340 e. The molecule has 2 aromatic carbocycles. The number of hydrogen-bond donors (Lipinski definition) is 4. The van der Waals surface area contributed by atoms with Crippen molar-refractivity contribution in [3.63, 3.8) is 0 Å². The molecule has 15 heteroatoms. The van der Waals surface area contributed by atoms with E-state index in [1.54, 1.807) is 36.5 Å².